The fourth-order valence-electron chi connectivity index (χ4n) is 2.70. The summed E-state index contributed by atoms with van der Waals surface area (Å²) in [6.07, 6.45) is 0. The van der Waals surface area contributed by atoms with Crippen LogP contribution < -0.4 is 0 Å². The van der Waals surface area contributed by atoms with Crippen molar-refractivity contribution in [3.05, 3.63) is 77.4 Å². The van der Waals surface area contributed by atoms with Crippen LogP contribution in [0.3, 0.4) is 0 Å². The fraction of sp³-hybridized carbons (Fsp3) is 0.150. The third kappa shape index (κ3) is 2.88. The predicted molar refractivity (Wildman–Crippen MR) is 93.8 cm³/mol. The minimum Gasteiger partial charge on any atom is -0.0622 e. The van der Waals surface area contributed by atoms with E-state index in [4.69, 9.17) is 0 Å². The van der Waals surface area contributed by atoms with Gasteiger partial charge in [-0.25, -0.2) is 0 Å². The first-order valence-corrected chi connectivity index (χ1v) is 8.03. The van der Waals surface area contributed by atoms with Gasteiger partial charge in [0.15, 0.2) is 0 Å². The van der Waals surface area contributed by atoms with Gasteiger partial charge in [0.2, 0.25) is 21.1 Å². The van der Waals surface area contributed by atoms with Gasteiger partial charge in [0.05, 0.1) is 0 Å². The molecule has 1 heterocycles. The first-order chi connectivity index (χ1) is 10.1. The normalized spacial score (nSPS) is 10.6. The van der Waals surface area contributed by atoms with Crippen molar-refractivity contribution in [2.24, 2.45) is 0 Å². The zero-order valence-electron chi connectivity index (χ0n) is 12.7. The van der Waals surface area contributed by atoms with Crippen molar-refractivity contribution in [2.45, 2.75) is 20.8 Å². The zero-order chi connectivity index (χ0) is 14.8. The van der Waals surface area contributed by atoms with Crippen molar-refractivity contribution in [3.63, 3.8) is 0 Å². The monoisotopic (exact) mass is 291 g/mol. The maximum absolute atomic E-state index is 2.30. The van der Waals surface area contributed by atoms with Crippen molar-refractivity contribution in [2.75, 3.05) is 0 Å². The predicted octanol–water partition coefficient (Wildman–Crippen LogP) is 6.29. The molecule has 0 radical (unpaired) electrons. The topological polar surface area (TPSA) is 0 Å². The summed E-state index contributed by atoms with van der Waals surface area (Å²) in [6.45, 7) is 6.56. The van der Waals surface area contributed by atoms with E-state index in [-0.39, 0.29) is 0 Å². The van der Waals surface area contributed by atoms with E-state index in [1.54, 1.807) is 0 Å². The van der Waals surface area contributed by atoms with E-state index in [0.29, 0.717) is 0 Å². The number of hydrogen-bond donors (Lipinski definition) is 0. The van der Waals surface area contributed by atoms with Crippen LogP contribution in [0.1, 0.15) is 16.7 Å². The van der Waals surface area contributed by atoms with Gasteiger partial charge in [-0.3, -0.25) is 0 Å². The molecule has 0 bridgehead atoms. The molecule has 2 aromatic carbocycles. The largest absolute Gasteiger partial charge is 0.239 e. The molecule has 0 fully saturated rings. The van der Waals surface area contributed by atoms with Crippen LogP contribution >= 0.6 is 11.3 Å². The number of rotatable bonds is 2. The molecule has 21 heavy (non-hydrogen) atoms. The second-order valence-electron chi connectivity index (χ2n) is 5.50. The minimum atomic E-state index is 1.29. The Morgan fingerprint density at radius 1 is 0.667 bits per heavy atom. The summed E-state index contributed by atoms with van der Waals surface area (Å²) in [6, 6.07) is 21.7. The summed E-state index contributed by atoms with van der Waals surface area (Å²) >= 11 is 1.87. The number of aryl methyl sites for hydroxylation is 3. The second-order valence-corrected chi connectivity index (χ2v) is 6.58. The van der Waals surface area contributed by atoms with Crippen molar-refractivity contribution in [1.29, 1.82) is 0 Å². The van der Waals surface area contributed by atoms with Crippen LogP contribution in [0, 0.1) is 20.8 Å². The van der Waals surface area contributed by atoms with Crippen LogP contribution in [0.4, 0.5) is 0 Å². The average molecular weight is 291 g/mol. The van der Waals surface area contributed by atoms with Crippen LogP contribution in [-0.4, -0.2) is 0 Å². The Morgan fingerprint density at radius 3 is 1.95 bits per heavy atom. The molecule has 0 aliphatic carbocycles. The molecule has 3 rings (SSSR count). The summed E-state index contributed by atoms with van der Waals surface area (Å²) < 4.78 is 0. The molecule has 0 aliphatic heterocycles. The quantitative estimate of drug-likeness (QED) is 0.487. The first kappa shape index (κ1) is 14.0. The Kier molecular flexibility index (Phi) is 3.85. The molecule has 0 aliphatic rings. The van der Waals surface area contributed by atoms with E-state index in [0.717, 1.165) is 0 Å². The molecule has 0 amide bonds. The summed E-state index contributed by atoms with van der Waals surface area (Å²) in [5.41, 5.74) is 6.67. The van der Waals surface area contributed by atoms with Gasteiger partial charge in [0.1, 0.15) is 0 Å². The molecular weight excluding hydrogens is 272 g/mol. The molecule has 3 aromatic rings. The Bertz CT molecular complexity index is 753. The van der Waals surface area contributed by atoms with Crippen LogP contribution in [0.5, 0.6) is 0 Å². The maximum atomic E-state index is 2.30. The molecule has 0 saturated carbocycles. The lowest BCUT2D eigenvalue weighted by atomic mass is 10.0. The second kappa shape index (κ2) is 5.79. The number of benzene rings is 2. The molecule has 0 atom stereocenters. The van der Waals surface area contributed by atoms with E-state index < -0.39 is 0 Å². The maximum Gasteiger partial charge on any atom is 0.239 e. The summed E-state index contributed by atoms with van der Waals surface area (Å²) in [5, 5.41) is 0. The summed E-state index contributed by atoms with van der Waals surface area (Å²) in [5.74, 6) is 0. The van der Waals surface area contributed by atoms with Gasteiger partial charge in [-0.2, -0.15) is 0 Å². The third-order valence-corrected chi connectivity index (χ3v) is 4.84. The van der Waals surface area contributed by atoms with Crippen molar-refractivity contribution in [3.8, 4) is 20.9 Å². The lowest BCUT2D eigenvalue weighted by Gasteiger charge is -2.05. The van der Waals surface area contributed by atoms with Crippen LogP contribution in [0.15, 0.2) is 60.7 Å². The molecule has 0 nitrogen and oxygen atoms in total. The zero-order valence-corrected chi connectivity index (χ0v) is 13.5. The molecule has 0 spiro atoms. The average Bonchev–Trinajstić information content (AvgIpc) is 2.47. The molecular formula is C20H19S+. The van der Waals surface area contributed by atoms with Gasteiger partial charge in [0.25, 0.3) is 0 Å². The molecule has 0 unspecified atom stereocenters. The molecule has 0 N–H and O–H groups in total. The molecule has 1 aromatic heterocycles. The molecule has 0 saturated heterocycles. The van der Waals surface area contributed by atoms with Crippen molar-refractivity contribution >= 4 is 11.3 Å². The van der Waals surface area contributed by atoms with Crippen molar-refractivity contribution in [1.82, 2.24) is 0 Å². The highest BCUT2D eigenvalue weighted by Crippen LogP contribution is 2.36. The summed E-state index contributed by atoms with van der Waals surface area (Å²) in [7, 11) is 0. The van der Waals surface area contributed by atoms with Crippen LogP contribution in [0.25, 0.3) is 20.9 Å². The van der Waals surface area contributed by atoms with Gasteiger partial charge in [0, 0.05) is 23.3 Å². The molecule has 104 valence electrons. The van der Waals surface area contributed by atoms with Gasteiger partial charge in [-0.15, -0.1) is 0 Å². The lowest BCUT2D eigenvalue weighted by Crippen LogP contribution is -1.88. The smallest absolute Gasteiger partial charge is 0.0622 e. The van der Waals surface area contributed by atoms with E-state index in [9.17, 15) is 0 Å². The fourth-order valence-corrected chi connectivity index (χ4v) is 4.11. The highest BCUT2D eigenvalue weighted by atomic mass is 32.1. The van der Waals surface area contributed by atoms with Gasteiger partial charge in [-0.1, -0.05) is 36.4 Å². The Hall–Kier alpha value is -1.99. The molecule has 1 heteroatoms. The van der Waals surface area contributed by atoms with Crippen molar-refractivity contribution < 1.29 is 0 Å². The van der Waals surface area contributed by atoms with Crippen LogP contribution in [0.2, 0.25) is 0 Å². The number of hydrogen-bond acceptors (Lipinski definition) is 0. The van der Waals surface area contributed by atoms with E-state index in [1.165, 1.54) is 37.6 Å². The van der Waals surface area contributed by atoms with Gasteiger partial charge < -0.3 is 0 Å². The highest BCUT2D eigenvalue weighted by Gasteiger charge is 2.19. The Balaban J connectivity index is 2.19. The minimum absolute atomic E-state index is 1.29. The highest BCUT2D eigenvalue weighted by molar-refractivity contribution is 7.18. The Morgan fingerprint density at radius 2 is 1.29 bits per heavy atom. The standard InChI is InChI=1S/C20H19S/c1-14-12-18(17-10-5-4-6-11-17)21-19(13-14)20-15(2)8-7-9-16(20)3/h4-13H,1-3H3/q+1. The summed E-state index contributed by atoms with van der Waals surface area (Å²) in [4.78, 5) is 2.68. The SMILES string of the molecule is Cc1cc(-c2ccccc2)[s+]c(-c2c(C)cccc2C)c1. The third-order valence-electron chi connectivity index (χ3n) is 3.72. The lowest BCUT2D eigenvalue weighted by molar-refractivity contribution is 1.38. The van der Waals surface area contributed by atoms with E-state index in [1.807, 2.05) is 11.3 Å². The van der Waals surface area contributed by atoms with Gasteiger partial charge in [-0.05, 0) is 49.6 Å². The van der Waals surface area contributed by atoms with E-state index in [2.05, 4.69) is 81.4 Å². The van der Waals surface area contributed by atoms with E-state index >= 15 is 0 Å². The first-order valence-electron chi connectivity index (χ1n) is 7.22. The Labute approximate surface area is 130 Å². The van der Waals surface area contributed by atoms with Crippen LogP contribution in [-0.2, 0) is 0 Å². The van der Waals surface area contributed by atoms with Gasteiger partial charge >= 0.3 is 0 Å².